The van der Waals surface area contributed by atoms with Crippen LogP contribution in [-0.4, -0.2) is 52.9 Å². The van der Waals surface area contributed by atoms with Gasteiger partial charge in [0.2, 0.25) is 15.0 Å². The summed E-state index contributed by atoms with van der Waals surface area (Å²) in [6.45, 7) is 6.24. The van der Waals surface area contributed by atoms with E-state index in [2.05, 4.69) is 9.88 Å². The lowest BCUT2D eigenvalue weighted by molar-refractivity contribution is 0.121. The molecule has 6 nitrogen and oxygen atoms in total. The molecule has 1 fully saturated rings. The summed E-state index contributed by atoms with van der Waals surface area (Å²) >= 11 is 0. The van der Waals surface area contributed by atoms with Crippen molar-refractivity contribution >= 4 is 9.84 Å². The number of benzene rings is 1. The molecule has 2 aromatic rings. The highest BCUT2D eigenvalue weighted by Gasteiger charge is 2.27. The standard InChI is InChI=1S/C23H35N3O3S/c1-19(2)18-30(28,29)23-24-15-22(26(23)16-20-9-4-3-5-10-20)17-25-13-7-6-11-21(25)12-8-14-27/h3-5,9-10,15,19,21,27H,6-8,11-14,16-18H2,1-2H3/t21-/m0/s1. The van der Waals surface area contributed by atoms with Crippen LogP contribution in [0.25, 0.3) is 0 Å². The highest BCUT2D eigenvalue weighted by Crippen LogP contribution is 2.25. The second-order valence-corrected chi connectivity index (χ2v) is 10.7. The largest absolute Gasteiger partial charge is 0.396 e. The van der Waals surface area contributed by atoms with Gasteiger partial charge in [0.05, 0.1) is 24.2 Å². The van der Waals surface area contributed by atoms with E-state index in [4.69, 9.17) is 0 Å². The maximum Gasteiger partial charge on any atom is 0.228 e. The normalized spacial score (nSPS) is 18.2. The maximum absolute atomic E-state index is 13.0. The minimum Gasteiger partial charge on any atom is -0.396 e. The zero-order valence-electron chi connectivity index (χ0n) is 18.2. The Balaban J connectivity index is 1.91. The molecular formula is C23H35N3O3S. The van der Waals surface area contributed by atoms with Crippen molar-refractivity contribution in [3.8, 4) is 0 Å². The minimum absolute atomic E-state index is 0.0466. The first kappa shape index (κ1) is 23.0. The summed E-state index contributed by atoms with van der Waals surface area (Å²) in [4.78, 5) is 6.84. The fourth-order valence-electron chi connectivity index (χ4n) is 4.34. The van der Waals surface area contributed by atoms with Gasteiger partial charge < -0.3 is 9.67 Å². The van der Waals surface area contributed by atoms with Crippen molar-refractivity contribution in [2.24, 2.45) is 5.92 Å². The zero-order chi connectivity index (χ0) is 21.6. The van der Waals surface area contributed by atoms with E-state index in [1.807, 2.05) is 48.7 Å². The number of hydrogen-bond donors (Lipinski definition) is 1. The third kappa shape index (κ3) is 5.93. The van der Waals surface area contributed by atoms with Crippen molar-refractivity contribution in [3.05, 3.63) is 47.8 Å². The van der Waals surface area contributed by atoms with Crippen LogP contribution in [0, 0.1) is 5.92 Å². The first-order chi connectivity index (χ1) is 14.4. The SMILES string of the molecule is CC(C)CS(=O)(=O)c1ncc(CN2CCCC[C@H]2CCCO)n1Cc1ccccc1. The summed E-state index contributed by atoms with van der Waals surface area (Å²) in [5, 5.41) is 9.43. The maximum atomic E-state index is 13.0. The van der Waals surface area contributed by atoms with Crippen molar-refractivity contribution in [1.82, 2.24) is 14.5 Å². The molecule has 0 spiro atoms. The lowest BCUT2D eigenvalue weighted by Crippen LogP contribution is -2.39. The molecule has 1 aromatic heterocycles. The van der Waals surface area contributed by atoms with Gasteiger partial charge in [-0.2, -0.15) is 0 Å². The van der Waals surface area contributed by atoms with E-state index in [0.29, 0.717) is 19.1 Å². The Morgan fingerprint density at radius 2 is 1.93 bits per heavy atom. The number of sulfone groups is 1. The van der Waals surface area contributed by atoms with Gasteiger partial charge in [-0.3, -0.25) is 4.90 Å². The summed E-state index contributed by atoms with van der Waals surface area (Å²) in [5.41, 5.74) is 2.00. The molecule has 7 heteroatoms. The lowest BCUT2D eigenvalue weighted by Gasteiger charge is -2.36. The molecule has 1 saturated heterocycles. The van der Waals surface area contributed by atoms with E-state index in [1.165, 1.54) is 6.42 Å². The Labute approximate surface area is 180 Å². The van der Waals surface area contributed by atoms with E-state index in [0.717, 1.165) is 43.5 Å². The topological polar surface area (TPSA) is 75.4 Å². The highest BCUT2D eigenvalue weighted by atomic mass is 32.2. The second-order valence-electron chi connectivity index (χ2n) is 8.77. The Morgan fingerprint density at radius 1 is 1.17 bits per heavy atom. The van der Waals surface area contributed by atoms with Crippen LogP contribution in [0.4, 0.5) is 0 Å². The summed E-state index contributed by atoms with van der Waals surface area (Å²) < 4.78 is 28.0. The van der Waals surface area contributed by atoms with Crippen LogP contribution < -0.4 is 0 Å². The average molecular weight is 434 g/mol. The molecule has 166 valence electrons. The molecule has 1 aliphatic heterocycles. The van der Waals surface area contributed by atoms with Gasteiger partial charge in [0.1, 0.15) is 0 Å². The van der Waals surface area contributed by atoms with Gasteiger partial charge in [-0.15, -0.1) is 0 Å². The quantitative estimate of drug-likeness (QED) is 0.621. The van der Waals surface area contributed by atoms with Crippen molar-refractivity contribution in [2.75, 3.05) is 18.9 Å². The number of aliphatic hydroxyl groups excluding tert-OH is 1. The molecule has 0 amide bonds. The molecular weight excluding hydrogens is 398 g/mol. The molecule has 1 N–H and O–H groups in total. The molecule has 0 saturated carbocycles. The van der Waals surface area contributed by atoms with Crippen LogP contribution >= 0.6 is 0 Å². The summed E-state index contributed by atoms with van der Waals surface area (Å²) in [7, 11) is -3.46. The highest BCUT2D eigenvalue weighted by molar-refractivity contribution is 7.91. The van der Waals surface area contributed by atoms with E-state index in [1.54, 1.807) is 6.20 Å². The number of nitrogens with zero attached hydrogens (tertiary/aromatic N) is 3. The van der Waals surface area contributed by atoms with Crippen molar-refractivity contribution in [3.63, 3.8) is 0 Å². The molecule has 30 heavy (non-hydrogen) atoms. The van der Waals surface area contributed by atoms with E-state index in [-0.39, 0.29) is 23.4 Å². The summed E-state index contributed by atoms with van der Waals surface area (Å²) in [6, 6.07) is 10.4. The predicted octanol–water partition coefficient (Wildman–Crippen LogP) is 3.49. The molecule has 0 aliphatic carbocycles. The summed E-state index contributed by atoms with van der Waals surface area (Å²) in [5.74, 6) is 0.145. The second kappa shape index (κ2) is 10.6. The van der Waals surface area contributed by atoms with E-state index in [9.17, 15) is 13.5 Å². The molecule has 0 radical (unpaired) electrons. The fraction of sp³-hybridized carbons (Fsp3) is 0.609. The van der Waals surface area contributed by atoms with E-state index >= 15 is 0 Å². The Kier molecular flexibility index (Phi) is 8.08. The number of aliphatic hydroxyl groups is 1. The van der Waals surface area contributed by atoms with Gasteiger partial charge in [0, 0.05) is 19.2 Å². The van der Waals surface area contributed by atoms with Crippen molar-refractivity contribution in [2.45, 2.75) is 70.2 Å². The number of hydrogen-bond acceptors (Lipinski definition) is 5. The van der Waals surface area contributed by atoms with Gasteiger partial charge in [-0.05, 0) is 43.7 Å². The predicted molar refractivity (Wildman–Crippen MR) is 119 cm³/mol. The number of piperidine rings is 1. The van der Waals surface area contributed by atoms with Gasteiger partial charge in [0.15, 0.2) is 0 Å². The van der Waals surface area contributed by atoms with Gasteiger partial charge in [0.25, 0.3) is 0 Å². The molecule has 0 bridgehead atoms. The third-order valence-corrected chi connectivity index (χ3v) is 7.71. The molecule has 1 aliphatic rings. The van der Waals surface area contributed by atoms with Gasteiger partial charge in [-0.25, -0.2) is 13.4 Å². The Bertz CT molecular complexity index is 894. The molecule has 1 atom stereocenters. The minimum atomic E-state index is -3.46. The number of likely N-dealkylation sites (tertiary alicyclic amines) is 1. The van der Waals surface area contributed by atoms with Crippen LogP contribution in [0.5, 0.6) is 0 Å². The fourth-order valence-corrected chi connectivity index (χ4v) is 6.10. The van der Waals surface area contributed by atoms with Crippen LogP contribution in [0.1, 0.15) is 57.2 Å². The smallest absolute Gasteiger partial charge is 0.228 e. The molecule has 3 rings (SSSR count). The van der Waals surface area contributed by atoms with Crippen LogP contribution in [0.2, 0.25) is 0 Å². The summed E-state index contributed by atoms with van der Waals surface area (Å²) in [6.07, 6.45) is 7.02. The van der Waals surface area contributed by atoms with Crippen molar-refractivity contribution in [1.29, 1.82) is 0 Å². The van der Waals surface area contributed by atoms with Crippen LogP contribution in [0.3, 0.4) is 0 Å². The average Bonchev–Trinajstić information content (AvgIpc) is 3.10. The van der Waals surface area contributed by atoms with Crippen LogP contribution in [0.15, 0.2) is 41.7 Å². The monoisotopic (exact) mass is 433 g/mol. The Morgan fingerprint density at radius 3 is 2.63 bits per heavy atom. The zero-order valence-corrected chi connectivity index (χ0v) is 19.0. The third-order valence-electron chi connectivity index (χ3n) is 5.73. The number of rotatable bonds is 10. The van der Waals surface area contributed by atoms with Crippen LogP contribution in [-0.2, 0) is 22.9 Å². The van der Waals surface area contributed by atoms with Gasteiger partial charge in [-0.1, -0.05) is 50.6 Å². The number of aromatic nitrogens is 2. The first-order valence-electron chi connectivity index (χ1n) is 11.1. The molecule has 0 unspecified atom stereocenters. The van der Waals surface area contributed by atoms with E-state index < -0.39 is 9.84 Å². The molecule has 2 heterocycles. The van der Waals surface area contributed by atoms with Gasteiger partial charge >= 0.3 is 0 Å². The number of imidazole rings is 1. The molecule has 1 aromatic carbocycles. The lowest BCUT2D eigenvalue weighted by atomic mass is 9.98. The Hall–Kier alpha value is -1.70. The van der Waals surface area contributed by atoms with Crippen molar-refractivity contribution < 1.29 is 13.5 Å². The first-order valence-corrected chi connectivity index (χ1v) is 12.7.